The highest BCUT2D eigenvalue weighted by molar-refractivity contribution is 5.86. The van der Waals surface area contributed by atoms with Crippen LogP contribution >= 0.6 is 37.2 Å². The average molecular weight is 286 g/mol. The number of nitrogens with one attached hydrogen (secondary N) is 1. The Morgan fingerprint density at radius 2 is 1.69 bits per heavy atom. The number of nitrogens with two attached hydrogens (primary N) is 1. The third kappa shape index (κ3) is 4.48. The van der Waals surface area contributed by atoms with E-state index in [1.807, 2.05) is 6.07 Å². The Morgan fingerprint density at radius 3 is 2.25 bits per heavy atom. The van der Waals surface area contributed by atoms with Gasteiger partial charge in [-0.2, -0.15) is 0 Å². The number of piperidine rings is 1. The highest BCUT2D eigenvalue weighted by atomic mass is 35.5. The molecule has 1 fully saturated rings. The lowest BCUT2D eigenvalue weighted by atomic mass is 9.93. The second-order valence-corrected chi connectivity index (χ2v) is 3.65. The molecule has 3 N–H and O–H groups in total. The maximum absolute atomic E-state index is 6.05. The van der Waals surface area contributed by atoms with Crippen LogP contribution in [0.25, 0.3) is 0 Å². The molecule has 0 spiro atoms. The largest absolute Gasteiger partial charge is 0.326 e. The van der Waals surface area contributed by atoms with E-state index in [9.17, 15) is 0 Å². The van der Waals surface area contributed by atoms with Crippen molar-refractivity contribution in [3.63, 3.8) is 0 Å². The second-order valence-electron chi connectivity index (χ2n) is 3.65. The van der Waals surface area contributed by atoms with E-state index < -0.39 is 0 Å². The summed E-state index contributed by atoms with van der Waals surface area (Å²) in [5, 5.41) is 3.46. The predicted molar refractivity (Wildman–Crippen MR) is 76.1 cm³/mol. The monoisotopic (exact) mass is 284 g/mol. The summed E-state index contributed by atoms with van der Waals surface area (Å²) < 4.78 is 0. The molecule has 0 saturated carbocycles. The Kier molecular flexibility index (Phi) is 10.4. The molecule has 2 rings (SSSR count). The van der Waals surface area contributed by atoms with Crippen LogP contribution in [0.5, 0.6) is 0 Å². The Labute approximate surface area is 116 Å². The zero-order valence-corrected chi connectivity index (χ0v) is 11.4. The highest BCUT2D eigenvalue weighted by Gasteiger charge is 2.21. The van der Waals surface area contributed by atoms with Crippen molar-refractivity contribution in [1.29, 1.82) is 0 Å². The van der Waals surface area contributed by atoms with Gasteiger partial charge in [-0.25, -0.2) is 0 Å². The first kappa shape index (κ1) is 18.4. The summed E-state index contributed by atoms with van der Waals surface area (Å²) in [6.45, 7) is 1.09. The lowest BCUT2D eigenvalue weighted by Crippen LogP contribution is -2.42. The third-order valence-electron chi connectivity index (χ3n) is 2.67. The number of hydrogen-bond acceptors (Lipinski definition) is 2. The van der Waals surface area contributed by atoms with Crippen molar-refractivity contribution in [3.05, 3.63) is 35.9 Å². The van der Waals surface area contributed by atoms with Gasteiger partial charge in [-0.1, -0.05) is 30.3 Å². The number of rotatable bonds is 1. The molecule has 1 aromatic carbocycles. The molecule has 94 valence electrons. The normalized spacial score (nSPS) is 23.3. The zero-order valence-electron chi connectivity index (χ0n) is 8.96. The van der Waals surface area contributed by atoms with Crippen molar-refractivity contribution in [3.8, 4) is 0 Å². The molecule has 0 aliphatic carbocycles. The Morgan fingerprint density at radius 1 is 1.06 bits per heavy atom. The highest BCUT2D eigenvalue weighted by Crippen LogP contribution is 2.21. The standard InChI is InChI=1S/C11H16N2.3ClH/c12-10-7-4-8-13-11(10)9-5-2-1-3-6-9;;;/h1-3,5-6,10-11,13H,4,7-8,12H2;3*1H. The Balaban J connectivity index is 0. The number of hydrogen-bond donors (Lipinski definition) is 2. The quantitative estimate of drug-likeness (QED) is 0.832. The molecule has 0 aromatic heterocycles. The zero-order chi connectivity index (χ0) is 9.10. The van der Waals surface area contributed by atoms with Crippen molar-refractivity contribution in [1.82, 2.24) is 5.32 Å². The summed E-state index contributed by atoms with van der Waals surface area (Å²) in [7, 11) is 0. The van der Waals surface area contributed by atoms with Crippen LogP contribution in [0, 0.1) is 0 Å². The van der Waals surface area contributed by atoms with E-state index in [-0.39, 0.29) is 43.3 Å². The van der Waals surface area contributed by atoms with E-state index in [0.29, 0.717) is 6.04 Å². The van der Waals surface area contributed by atoms with Gasteiger partial charge in [-0.15, -0.1) is 37.2 Å². The Bertz CT molecular complexity index is 269. The fraction of sp³-hybridized carbons (Fsp3) is 0.455. The minimum Gasteiger partial charge on any atom is -0.326 e. The van der Waals surface area contributed by atoms with Gasteiger partial charge >= 0.3 is 0 Å². The first-order valence-electron chi connectivity index (χ1n) is 4.92. The summed E-state index contributed by atoms with van der Waals surface area (Å²) >= 11 is 0. The van der Waals surface area contributed by atoms with E-state index in [1.165, 1.54) is 12.0 Å². The Hall–Kier alpha value is 0.01000. The van der Waals surface area contributed by atoms with Crippen LogP contribution in [-0.2, 0) is 0 Å². The van der Waals surface area contributed by atoms with E-state index in [1.54, 1.807) is 0 Å². The minimum atomic E-state index is 0. The fourth-order valence-electron chi connectivity index (χ4n) is 1.94. The summed E-state index contributed by atoms with van der Waals surface area (Å²) in [5.74, 6) is 0. The van der Waals surface area contributed by atoms with Gasteiger partial charge < -0.3 is 11.1 Å². The molecule has 0 amide bonds. The fourth-order valence-corrected chi connectivity index (χ4v) is 1.94. The summed E-state index contributed by atoms with van der Waals surface area (Å²) in [4.78, 5) is 0. The molecule has 0 bridgehead atoms. The van der Waals surface area contributed by atoms with E-state index in [2.05, 4.69) is 29.6 Å². The SMILES string of the molecule is Cl.Cl.Cl.NC1CCCNC1c1ccccc1. The average Bonchev–Trinajstić information content (AvgIpc) is 2.20. The molecule has 1 aliphatic rings. The summed E-state index contributed by atoms with van der Waals surface area (Å²) in [5.41, 5.74) is 7.36. The lowest BCUT2D eigenvalue weighted by molar-refractivity contribution is 0.358. The molecular weight excluding hydrogens is 266 g/mol. The van der Waals surface area contributed by atoms with Gasteiger partial charge in [0.15, 0.2) is 0 Å². The molecular formula is C11H19Cl3N2. The minimum absolute atomic E-state index is 0. The van der Waals surface area contributed by atoms with Crippen LogP contribution in [0.4, 0.5) is 0 Å². The van der Waals surface area contributed by atoms with E-state index in [0.717, 1.165) is 13.0 Å². The molecule has 1 aromatic rings. The van der Waals surface area contributed by atoms with Crippen LogP contribution < -0.4 is 11.1 Å². The van der Waals surface area contributed by atoms with Gasteiger partial charge in [0.2, 0.25) is 0 Å². The van der Waals surface area contributed by atoms with E-state index >= 15 is 0 Å². The smallest absolute Gasteiger partial charge is 0.0473 e. The molecule has 2 unspecified atom stereocenters. The number of halogens is 3. The van der Waals surface area contributed by atoms with Crippen molar-refractivity contribution >= 4 is 37.2 Å². The molecule has 1 saturated heterocycles. The van der Waals surface area contributed by atoms with E-state index in [4.69, 9.17) is 5.73 Å². The van der Waals surface area contributed by atoms with Crippen LogP contribution in [0.15, 0.2) is 30.3 Å². The molecule has 16 heavy (non-hydrogen) atoms. The van der Waals surface area contributed by atoms with Gasteiger partial charge in [-0.05, 0) is 24.9 Å². The molecule has 2 nitrogen and oxygen atoms in total. The topological polar surface area (TPSA) is 38.0 Å². The van der Waals surface area contributed by atoms with Gasteiger partial charge in [0.25, 0.3) is 0 Å². The second kappa shape index (κ2) is 9.08. The van der Waals surface area contributed by atoms with Crippen LogP contribution in [-0.4, -0.2) is 12.6 Å². The molecule has 5 heteroatoms. The van der Waals surface area contributed by atoms with Crippen LogP contribution in [0.2, 0.25) is 0 Å². The first-order chi connectivity index (χ1) is 6.38. The lowest BCUT2D eigenvalue weighted by Gasteiger charge is -2.30. The number of benzene rings is 1. The van der Waals surface area contributed by atoms with Gasteiger partial charge in [0.05, 0.1) is 0 Å². The maximum atomic E-state index is 6.05. The van der Waals surface area contributed by atoms with Crippen molar-refractivity contribution in [2.24, 2.45) is 5.73 Å². The van der Waals surface area contributed by atoms with Crippen molar-refractivity contribution in [2.45, 2.75) is 24.9 Å². The van der Waals surface area contributed by atoms with Gasteiger partial charge in [0.1, 0.15) is 0 Å². The van der Waals surface area contributed by atoms with Gasteiger partial charge in [0, 0.05) is 12.1 Å². The van der Waals surface area contributed by atoms with Crippen molar-refractivity contribution in [2.75, 3.05) is 6.54 Å². The van der Waals surface area contributed by atoms with Crippen LogP contribution in [0.1, 0.15) is 24.4 Å². The van der Waals surface area contributed by atoms with Crippen LogP contribution in [0.3, 0.4) is 0 Å². The van der Waals surface area contributed by atoms with Crippen molar-refractivity contribution < 1.29 is 0 Å². The third-order valence-corrected chi connectivity index (χ3v) is 2.67. The molecule has 1 aliphatic heterocycles. The molecule has 1 heterocycles. The summed E-state index contributed by atoms with van der Waals surface area (Å²) in [6.07, 6.45) is 2.33. The molecule has 0 radical (unpaired) electrons. The molecule has 2 atom stereocenters. The van der Waals surface area contributed by atoms with Gasteiger partial charge in [-0.3, -0.25) is 0 Å². The first-order valence-corrected chi connectivity index (χ1v) is 4.92. The summed E-state index contributed by atoms with van der Waals surface area (Å²) in [6, 6.07) is 11.1. The maximum Gasteiger partial charge on any atom is 0.0473 e. The predicted octanol–water partition coefficient (Wildman–Crippen LogP) is 2.70.